The van der Waals surface area contributed by atoms with Crippen LogP contribution < -0.4 is 5.32 Å². The van der Waals surface area contributed by atoms with E-state index >= 15 is 0 Å². The van der Waals surface area contributed by atoms with Crippen molar-refractivity contribution in [3.8, 4) is 0 Å². The zero-order chi connectivity index (χ0) is 12.3. The quantitative estimate of drug-likeness (QED) is 0.868. The molecule has 0 fully saturated rings. The van der Waals surface area contributed by atoms with Crippen LogP contribution in [0.4, 0.5) is 0 Å². The fourth-order valence-electron chi connectivity index (χ4n) is 2.73. The van der Waals surface area contributed by atoms with Crippen molar-refractivity contribution in [1.29, 1.82) is 0 Å². The molecule has 1 N–H and O–H groups in total. The van der Waals surface area contributed by atoms with E-state index in [0.717, 1.165) is 19.7 Å². The van der Waals surface area contributed by atoms with Gasteiger partial charge in [0.1, 0.15) is 0 Å². The molecular formula is C13H22N2OS. The first-order valence-corrected chi connectivity index (χ1v) is 7.11. The minimum atomic E-state index is 0.466. The predicted octanol–water partition coefficient (Wildman–Crippen LogP) is 1.90. The van der Waals surface area contributed by atoms with E-state index in [-0.39, 0.29) is 0 Å². The normalized spacial score (nSPS) is 22.4. The molecule has 1 aromatic rings. The van der Waals surface area contributed by atoms with Gasteiger partial charge >= 0.3 is 0 Å². The highest BCUT2D eigenvalue weighted by Crippen LogP contribution is 2.33. The Morgan fingerprint density at radius 3 is 3.18 bits per heavy atom. The molecule has 2 rings (SSSR count). The van der Waals surface area contributed by atoms with E-state index in [1.54, 1.807) is 12.0 Å². The van der Waals surface area contributed by atoms with Crippen LogP contribution in [-0.2, 0) is 11.2 Å². The van der Waals surface area contributed by atoms with Crippen molar-refractivity contribution in [1.82, 2.24) is 10.2 Å². The largest absolute Gasteiger partial charge is 0.383 e. The Morgan fingerprint density at radius 1 is 1.65 bits per heavy atom. The molecule has 1 aliphatic rings. The second-order valence-electron chi connectivity index (χ2n) is 4.63. The Hall–Kier alpha value is -0.420. The van der Waals surface area contributed by atoms with E-state index in [4.69, 9.17) is 4.74 Å². The van der Waals surface area contributed by atoms with Crippen molar-refractivity contribution in [3.63, 3.8) is 0 Å². The molecule has 2 atom stereocenters. The summed E-state index contributed by atoms with van der Waals surface area (Å²) in [5, 5.41) is 5.49. The number of ether oxygens (including phenoxy) is 1. The SMILES string of the molecule is CNCC(COC)N1CCc2sccc2C1C. The lowest BCUT2D eigenvalue weighted by atomic mass is 9.99. The second-order valence-corrected chi connectivity index (χ2v) is 5.63. The van der Waals surface area contributed by atoms with Gasteiger partial charge in [-0.25, -0.2) is 0 Å². The number of nitrogens with zero attached hydrogens (tertiary/aromatic N) is 1. The van der Waals surface area contributed by atoms with Crippen LogP contribution in [0.2, 0.25) is 0 Å². The lowest BCUT2D eigenvalue weighted by molar-refractivity contribution is 0.0612. The maximum atomic E-state index is 5.35. The van der Waals surface area contributed by atoms with E-state index < -0.39 is 0 Å². The third-order valence-corrected chi connectivity index (χ3v) is 4.59. The first kappa shape index (κ1) is 13.0. The van der Waals surface area contributed by atoms with Crippen LogP contribution in [0.1, 0.15) is 23.4 Å². The smallest absolute Gasteiger partial charge is 0.0630 e. The van der Waals surface area contributed by atoms with Gasteiger partial charge < -0.3 is 10.1 Å². The van der Waals surface area contributed by atoms with Crippen LogP contribution in [0.25, 0.3) is 0 Å². The Balaban J connectivity index is 2.11. The molecule has 96 valence electrons. The standard InChI is InChI=1S/C13H22N2OS/c1-10-12-5-7-17-13(12)4-6-15(10)11(8-14-2)9-16-3/h5,7,10-11,14H,4,6,8-9H2,1-3H3. The summed E-state index contributed by atoms with van der Waals surface area (Å²) in [6.45, 7) is 5.23. The minimum Gasteiger partial charge on any atom is -0.383 e. The van der Waals surface area contributed by atoms with Crippen LogP contribution in [0.15, 0.2) is 11.4 Å². The molecule has 0 saturated heterocycles. The summed E-state index contributed by atoms with van der Waals surface area (Å²) >= 11 is 1.90. The number of rotatable bonds is 5. The fourth-order valence-corrected chi connectivity index (χ4v) is 3.69. The number of methoxy groups -OCH3 is 1. The predicted molar refractivity (Wildman–Crippen MR) is 72.7 cm³/mol. The molecule has 2 unspecified atom stereocenters. The average Bonchev–Trinajstić information content (AvgIpc) is 2.78. The number of nitrogens with one attached hydrogen (secondary N) is 1. The molecule has 0 aromatic carbocycles. The third kappa shape index (κ3) is 2.71. The van der Waals surface area contributed by atoms with Crippen molar-refractivity contribution < 1.29 is 4.74 Å². The van der Waals surface area contributed by atoms with E-state index in [9.17, 15) is 0 Å². The van der Waals surface area contributed by atoms with Crippen molar-refractivity contribution in [2.45, 2.75) is 25.4 Å². The molecule has 0 amide bonds. The summed E-state index contributed by atoms with van der Waals surface area (Å²) in [6.07, 6.45) is 1.18. The van der Waals surface area contributed by atoms with Gasteiger partial charge in [0, 0.05) is 37.2 Å². The Labute approximate surface area is 108 Å². The molecule has 1 aliphatic heterocycles. The number of hydrogen-bond donors (Lipinski definition) is 1. The number of hydrogen-bond acceptors (Lipinski definition) is 4. The molecule has 0 spiro atoms. The van der Waals surface area contributed by atoms with Gasteiger partial charge in [-0.1, -0.05) is 0 Å². The third-order valence-electron chi connectivity index (χ3n) is 3.59. The fraction of sp³-hybridized carbons (Fsp3) is 0.692. The van der Waals surface area contributed by atoms with Crippen LogP contribution >= 0.6 is 11.3 Å². The number of likely N-dealkylation sites (N-methyl/N-ethyl adjacent to an activating group) is 1. The Kier molecular flexibility index (Phi) is 4.56. The first-order chi connectivity index (χ1) is 8.27. The van der Waals surface area contributed by atoms with Gasteiger partial charge in [0.25, 0.3) is 0 Å². The highest BCUT2D eigenvalue weighted by molar-refractivity contribution is 7.10. The van der Waals surface area contributed by atoms with Crippen molar-refractivity contribution in [2.75, 3.05) is 33.9 Å². The van der Waals surface area contributed by atoms with Gasteiger partial charge in [-0.15, -0.1) is 11.3 Å². The van der Waals surface area contributed by atoms with E-state index in [0.29, 0.717) is 12.1 Å². The lowest BCUT2D eigenvalue weighted by Crippen LogP contribution is -2.48. The molecule has 2 heterocycles. The zero-order valence-electron chi connectivity index (χ0n) is 10.9. The summed E-state index contributed by atoms with van der Waals surface area (Å²) in [7, 11) is 3.79. The van der Waals surface area contributed by atoms with Crippen LogP contribution in [0.3, 0.4) is 0 Å². The highest BCUT2D eigenvalue weighted by atomic mass is 32.1. The van der Waals surface area contributed by atoms with Gasteiger partial charge in [-0.2, -0.15) is 0 Å². The van der Waals surface area contributed by atoms with Crippen molar-refractivity contribution >= 4 is 11.3 Å². The molecule has 3 nitrogen and oxygen atoms in total. The monoisotopic (exact) mass is 254 g/mol. The van der Waals surface area contributed by atoms with E-state index in [2.05, 4.69) is 28.6 Å². The molecular weight excluding hydrogens is 232 g/mol. The van der Waals surface area contributed by atoms with Crippen LogP contribution in [0.5, 0.6) is 0 Å². The molecule has 4 heteroatoms. The highest BCUT2D eigenvalue weighted by Gasteiger charge is 2.29. The van der Waals surface area contributed by atoms with Crippen molar-refractivity contribution in [3.05, 3.63) is 21.9 Å². The summed E-state index contributed by atoms with van der Waals surface area (Å²) in [6, 6.07) is 3.26. The Morgan fingerprint density at radius 2 is 2.47 bits per heavy atom. The van der Waals surface area contributed by atoms with Gasteiger partial charge in [-0.05, 0) is 37.4 Å². The van der Waals surface area contributed by atoms with Crippen LogP contribution in [0, 0.1) is 0 Å². The lowest BCUT2D eigenvalue weighted by Gasteiger charge is -2.39. The van der Waals surface area contributed by atoms with Crippen molar-refractivity contribution in [2.24, 2.45) is 0 Å². The maximum absolute atomic E-state index is 5.35. The molecule has 0 bridgehead atoms. The molecule has 0 saturated carbocycles. The van der Waals surface area contributed by atoms with Gasteiger partial charge in [0.15, 0.2) is 0 Å². The molecule has 0 aliphatic carbocycles. The van der Waals surface area contributed by atoms with E-state index in [1.165, 1.54) is 12.0 Å². The summed E-state index contributed by atoms with van der Waals surface area (Å²) in [5.74, 6) is 0. The minimum absolute atomic E-state index is 0.466. The molecule has 0 radical (unpaired) electrons. The topological polar surface area (TPSA) is 24.5 Å². The summed E-state index contributed by atoms with van der Waals surface area (Å²) in [5.41, 5.74) is 1.51. The number of fused-ring (bicyclic) bond motifs is 1. The van der Waals surface area contributed by atoms with Crippen LogP contribution in [-0.4, -0.2) is 44.8 Å². The maximum Gasteiger partial charge on any atom is 0.0630 e. The van der Waals surface area contributed by atoms with E-state index in [1.807, 2.05) is 18.4 Å². The van der Waals surface area contributed by atoms with Gasteiger partial charge in [-0.3, -0.25) is 4.90 Å². The van der Waals surface area contributed by atoms with Gasteiger partial charge in [0.2, 0.25) is 0 Å². The Bertz CT molecular complexity index is 347. The summed E-state index contributed by atoms with van der Waals surface area (Å²) in [4.78, 5) is 4.13. The first-order valence-electron chi connectivity index (χ1n) is 6.23. The molecule has 1 aromatic heterocycles. The van der Waals surface area contributed by atoms with Gasteiger partial charge in [0.05, 0.1) is 6.61 Å². The second kappa shape index (κ2) is 5.96. The molecule has 17 heavy (non-hydrogen) atoms. The number of thiophene rings is 1. The average molecular weight is 254 g/mol. The summed E-state index contributed by atoms with van der Waals surface area (Å²) < 4.78 is 5.35. The zero-order valence-corrected chi connectivity index (χ0v) is 11.7.